The number of ether oxygens (including phenoxy) is 3. The molecule has 0 unspecified atom stereocenters. The summed E-state index contributed by atoms with van der Waals surface area (Å²) in [6, 6.07) is 19.1. The van der Waals surface area contributed by atoms with E-state index in [1.807, 2.05) is 36.4 Å². The summed E-state index contributed by atoms with van der Waals surface area (Å²) in [6.45, 7) is 0. The highest BCUT2D eigenvalue weighted by molar-refractivity contribution is 6.32. The Morgan fingerprint density at radius 3 is 2.09 bits per heavy atom. The van der Waals surface area contributed by atoms with E-state index in [0.29, 0.717) is 33.6 Å². The topological polar surface area (TPSA) is 77.1 Å². The molecule has 8 heteroatoms. The molecule has 1 fully saturated rings. The van der Waals surface area contributed by atoms with Gasteiger partial charge >= 0.3 is 0 Å². The van der Waals surface area contributed by atoms with E-state index in [-0.39, 0.29) is 18.2 Å². The predicted molar refractivity (Wildman–Crippen MR) is 131 cm³/mol. The second-order valence-corrected chi connectivity index (χ2v) is 8.24. The standard InChI is InChI=1S/C26H25ClN2O5/c1-32-19-9-4-16(5-10-19)25-21(26(31)28-17-6-13-23(34-3)22(27)14-17)15-24(30)29(25)18-7-11-20(33-2)12-8-18/h4-14,21,25H,15H2,1-3H3,(H,28,31)/t21-,25+/m0/s1. The first-order chi connectivity index (χ1) is 16.4. The van der Waals surface area contributed by atoms with Gasteiger partial charge in [-0.1, -0.05) is 23.7 Å². The molecule has 0 saturated carbocycles. The van der Waals surface area contributed by atoms with Crippen LogP contribution < -0.4 is 24.4 Å². The molecule has 0 radical (unpaired) electrons. The van der Waals surface area contributed by atoms with Gasteiger partial charge in [0.15, 0.2) is 0 Å². The smallest absolute Gasteiger partial charge is 0.230 e. The number of amides is 2. The van der Waals surface area contributed by atoms with Crippen molar-refractivity contribution in [3.05, 3.63) is 77.3 Å². The largest absolute Gasteiger partial charge is 0.497 e. The molecule has 0 bridgehead atoms. The number of halogens is 1. The molecule has 0 aliphatic carbocycles. The lowest BCUT2D eigenvalue weighted by Gasteiger charge is -2.28. The van der Waals surface area contributed by atoms with Gasteiger partial charge in [-0.05, 0) is 60.2 Å². The van der Waals surface area contributed by atoms with Crippen molar-refractivity contribution in [2.24, 2.45) is 5.92 Å². The summed E-state index contributed by atoms with van der Waals surface area (Å²) < 4.78 is 15.7. The number of nitrogens with one attached hydrogen (secondary N) is 1. The van der Waals surface area contributed by atoms with E-state index in [1.54, 1.807) is 49.5 Å². The number of rotatable bonds is 7. The van der Waals surface area contributed by atoms with Crippen LogP contribution in [0.15, 0.2) is 66.7 Å². The van der Waals surface area contributed by atoms with Crippen LogP contribution in [0.25, 0.3) is 0 Å². The molecule has 7 nitrogen and oxygen atoms in total. The van der Waals surface area contributed by atoms with Gasteiger partial charge in [0.1, 0.15) is 17.2 Å². The summed E-state index contributed by atoms with van der Waals surface area (Å²) in [7, 11) is 4.70. The van der Waals surface area contributed by atoms with Crippen LogP contribution in [0.1, 0.15) is 18.0 Å². The molecule has 2 amide bonds. The fourth-order valence-electron chi connectivity index (χ4n) is 4.18. The van der Waals surface area contributed by atoms with Crippen molar-refractivity contribution in [3.8, 4) is 17.2 Å². The number of hydrogen-bond donors (Lipinski definition) is 1. The van der Waals surface area contributed by atoms with Gasteiger partial charge in [0, 0.05) is 17.8 Å². The van der Waals surface area contributed by atoms with Gasteiger partial charge in [0.25, 0.3) is 0 Å². The van der Waals surface area contributed by atoms with E-state index in [1.165, 1.54) is 7.11 Å². The number of benzene rings is 3. The molecule has 1 aliphatic heterocycles. The van der Waals surface area contributed by atoms with Crippen molar-refractivity contribution < 1.29 is 23.8 Å². The molecule has 34 heavy (non-hydrogen) atoms. The summed E-state index contributed by atoms with van der Waals surface area (Å²) in [5, 5.41) is 3.29. The second-order valence-electron chi connectivity index (χ2n) is 7.83. The molecule has 0 aromatic heterocycles. The Bertz CT molecular complexity index is 1180. The highest BCUT2D eigenvalue weighted by Gasteiger charge is 2.45. The van der Waals surface area contributed by atoms with Crippen LogP contribution in [-0.4, -0.2) is 33.1 Å². The van der Waals surface area contributed by atoms with Crippen molar-refractivity contribution in [2.45, 2.75) is 12.5 Å². The van der Waals surface area contributed by atoms with Gasteiger partial charge in [-0.15, -0.1) is 0 Å². The molecule has 2 atom stereocenters. The monoisotopic (exact) mass is 480 g/mol. The third-order valence-corrected chi connectivity index (χ3v) is 6.18. The number of hydrogen-bond acceptors (Lipinski definition) is 5. The summed E-state index contributed by atoms with van der Waals surface area (Å²) in [5.74, 6) is 0.853. The Hall–Kier alpha value is -3.71. The normalized spacial score (nSPS) is 17.4. The van der Waals surface area contributed by atoms with E-state index in [0.717, 1.165) is 5.56 Å². The molecule has 4 rings (SSSR count). The molecular formula is C26H25ClN2O5. The maximum Gasteiger partial charge on any atom is 0.230 e. The highest BCUT2D eigenvalue weighted by atomic mass is 35.5. The van der Waals surface area contributed by atoms with E-state index in [2.05, 4.69) is 5.32 Å². The fraction of sp³-hybridized carbons (Fsp3) is 0.231. The lowest BCUT2D eigenvalue weighted by molar-refractivity contribution is -0.122. The van der Waals surface area contributed by atoms with Crippen molar-refractivity contribution in [3.63, 3.8) is 0 Å². The van der Waals surface area contributed by atoms with Gasteiger partial charge in [-0.3, -0.25) is 9.59 Å². The lowest BCUT2D eigenvalue weighted by atomic mass is 9.92. The average Bonchev–Trinajstić information content (AvgIpc) is 3.21. The molecule has 3 aromatic carbocycles. The molecule has 1 aliphatic rings. The maximum atomic E-state index is 13.4. The molecule has 3 aromatic rings. The van der Waals surface area contributed by atoms with Crippen molar-refractivity contribution in [1.29, 1.82) is 0 Å². The third kappa shape index (κ3) is 4.65. The van der Waals surface area contributed by atoms with E-state index in [9.17, 15) is 9.59 Å². The molecule has 0 spiro atoms. The van der Waals surface area contributed by atoms with Crippen molar-refractivity contribution in [1.82, 2.24) is 0 Å². The van der Waals surface area contributed by atoms with E-state index >= 15 is 0 Å². The summed E-state index contributed by atoms with van der Waals surface area (Å²) in [4.78, 5) is 28.3. The van der Waals surface area contributed by atoms with E-state index < -0.39 is 12.0 Å². The summed E-state index contributed by atoms with van der Waals surface area (Å²) in [5.41, 5.74) is 2.05. The first-order valence-electron chi connectivity index (χ1n) is 10.7. The minimum absolute atomic E-state index is 0.0679. The molecule has 176 valence electrons. The van der Waals surface area contributed by atoms with Crippen LogP contribution in [0, 0.1) is 5.92 Å². The van der Waals surface area contributed by atoms with Crippen LogP contribution in [0.3, 0.4) is 0 Å². The number of nitrogens with zero attached hydrogens (tertiary/aromatic N) is 1. The van der Waals surface area contributed by atoms with Crippen LogP contribution in [0.2, 0.25) is 5.02 Å². The maximum absolute atomic E-state index is 13.4. The van der Waals surface area contributed by atoms with Crippen molar-refractivity contribution in [2.75, 3.05) is 31.5 Å². The lowest BCUT2D eigenvalue weighted by Crippen LogP contribution is -2.32. The minimum Gasteiger partial charge on any atom is -0.497 e. The molecule has 1 heterocycles. The number of carbonyl (C=O) groups is 2. The first-order valence-corrected chi connectivity index (χ1v) is 11.1. The molecule has 1 saturated heterocycles. The minimum atomic E-state index is -0.621. The van der Waals surface area contributed by atoms with Gasteiger partial charge < -0.3 is 24.4 Å². The van der Waals surface area contributed by atoms with Gasteiger partial charge in [0.2, 0.25) is 11.8 Å². The molecular weight excluding hydrogens is 456 g/mol. The average molecular weight is 481 g/mol. The Labute approximate surface area is 203 Å². The number of anilines is 2. The van der Waals surface area contributed by atoms with Crippen LogP contribution in [0.4, 0.5) is 11.4 Å². The van der Waals surface area contributed by atoms with Crippen LogP contribution in [0.5, 0.6) is 17.2 Å². The van der Waals surface area contributed by atoms with E-state index in [4.69, 9.17) is 25.8 Å². The Kier molecular flexibility index (Phi) is 6.93. The summed E-state index contributed by atoms with van der Waals surface area (Å²) in [6.07, 6.45) is 0.0679. The SMILES string of the molecule is COc1ccc([C@@H]2[C@@H](C(=O)Nc3ccc(OC)c(Cl)c3)CC(=O)N2c2ccc(OC)cc2)cc1. The van der Waals surface area contributed by atoms with Gasteiger partial charge in [0.05, 0.1) is 38.3 Å². The Balaban J connectivity index is 1.68. The first kappa shape index (κ1) is 23.4. The predicted octanol–water partition coefficient (Wildman–Crippen LogP) is 5.10. The highest BCUT2D eigenvalue weighted by Crippen LogP contribution is 2.42. The van der Waals surface area contributed by atoms with Gasteiger partial charge in [-0.2, -0.15) is 0 Å². The number of methoxy groups -OCH3 is 3. The fourth-order valence-corrected chi connectivity index (χ4v) is 4.44. The Morgan fingerprint density at radius 1 is 0.912 bits per heavy atom. The van der Waals surface area contributed by atoms with Crippen LogP contribution >= 0.6 is 11.6 Å². The zero-order valence-electron chi connectivity index (χ0n) is 19.1. The zero-order valence-corrected chi connectivity index (χ0v) is 19.8. The van der Waals surface area contributed by atoms with Gasteiger partial charge in [-0.25, -0.2) is 0 Å². The second kappa shape index (κ2) is 10.1. The third-order valence-electron chi connectivity index (χ3n) is 5.89. The molecule has 1 N–H and O–H groups in total. The zero-order chi connectivity index (χ0) is 24.2. The quantitative estimate of drug-likeness (QED) is 0.509. The summed E-state index contributed by atoms with van der Waals surface area (Å²) >= 11 is 6.22. The number of carbonyl (C=O) groups excluding carboxylic acids is 2. The Morgan fingerprint density at radius 2 is 1.53 bits per heavy atom. The van der Waals surface area contributed by atoms with Crippen LogP contribution in [-0.2, 0) is 9.59 Å². The van der Waals surface area contributed by atoms with Crippen molar-refractivity contribution >= 4 is 34.8 Å².